The molecule has 2 saturated heterocycles. The van der Waals surface area contributed by atoms with E-state index >= 15 is 0 Å². The highest BCUT2D eigenvalue weighted by Crippen LogP contribution is 2.23. The summed E-state index contributed by atoms with van der Waals surface area (Å²) in [4.78, 5) is 24.2. The molecule has 5 heteroatoms. The molecule has 0 spiro atoms. The smallest absolute Gasteiger partial charge is 0.332 e. The van der Waals surface area contributed by atoms with Crippen molar-refractivity contribution in [2.45, 2.75) is 37.9 Å². The van der Waals surface area contributed by atoms with E-state index in [0.717, 1.165) is 25.9 Å². The third-order valence-electron chi connectivity index (χ3n) is 2.99. The average molecular weight is 213 g/mol. The van der Waals surface area contributed by atoms with Gasteiger partial charge in [0.15, 0.2) is 6.10 Å². The van der Waals surface area contributed by atoms with Gasteiger partial charge >= 0.3 is 5.97 Å². The predicted octanol–water partition coefficient (Wildman–Crippen LogP) is 0.241. The molecule has 0 aromatic rings. The second-order valence-electron chi connectivity index (χ2n) is 4.06. The number of nitrogens with zero attached hydrogens (tertiary/aromatic N) is 1. The van der Waals surface area contributed by atoms with E-state index in [1.807, 2.05) is 0 Å². The number of rotatable bonds is 2. The Hall–Kier alpha value is -1.10. The zero-order valence-electron chi connectivity index (χ0n) is 8.52. The minimum atomic E-state index is -0.966. The third-order valence-corrected chi connectivity index (χ3v) is 2.99. The van der Waals surface area contributed by atoms with Gasteiger partial charge in [-0.15, -0.1) is 0 Å². The van der Waals surface area contributed by atoms with Crippen molar-refractivity contribution in [3.63, 3.8) is 0 Å². The highest BCUT2D eigenvalue weighted by molar-refractivity contribution is 5.82. The molecular weight excluding hydrogens is 198 g/mol. The van der Waals surface area contributed by atoms with Crippen molar-refractivity contribution in [3.05, 3.63) is 0 Å². The Labute approximate surface area is 88.0 Å². The predicted molar refractivity (Wildman–Crippen MR) is 51.3 cm³/mol. The molecule has 2 aliphatic heterocycles. The summed E-state index contributed by atoms with van der Waals surface area (Å²) in [7, 11) is 0. The molecular formula is C10H15NO4. The molecule has 2 fully saturated rings. The Morgan fingerprint density at radius 2 is 1.73 bits per heavy atom. The number of carboxylic acid groups (broad SMARTS) is 1. The molecule has 0 bridgehead atoms. The van der Waals surface area contributed by atoms with Gasteiger partial charge in [-0.2, -0.15) is 0 Å². The van der Waals surface area contributed by atoms with Crippen molar-refractivity contribution < 1.29 is 19.4 Å². The molecule has 84 valence electrons. The van der Waals surface area contributed by atoms with Crippen molar-refractivity contribution >= 4 is 11.9 Å². The number of amides is 1. The minimum Gasteiger partial charge on any atom is -0.479 e. The lowest BCUT2D eigenvalue weighted by Crippen LogP contribution is -2.37. The second kappa shape index (κ2) is 4.18. The van der Waals surface area contributed by atoms with Gasteiger partial charge in [0.2, 0.25) is 0 Å². The van der Waals surface area contributed by atoms with Crippen LogP contribution in [0, 0.1) is 0 Å². The third kappa shape index (κ3) is 2.12. The van der Waals surface area contributed by atoms with E-state index in [4.69, 9.17) is 9.84 Å². The first-order chi connectivity index (χ1) is 7.18. The maximum atomic E-state index is 11.8. The Balaban J connectivity index is 1.89. The fourth-order valence-corrected chi connectivity index (χ4v) is 2.14. The zero-order valence-corrected chi connectivity index (χ0v) is 8.52. The number of ether oxygens (including phenoxy) is 1. The van der Waals surface area contributed by atoms with E-state index < -0.39 is 18.2 Å². The summed E-state index contributed by atoms with van der Waals surface area (Å²) in [6.45, 7) is 1.58. The van der Waals surface area contributed by atoms with Crippen LogP contribution in [0.25, 0.3) is 0 Å². The van der Waals surface area contributed by atoms with E-state index in [9.17, 15) is 9.59 Å². The Bertz CT molecular complexity index is 273. The van der Waals surface area contributed by atoms with Crippen LogP contribution in [0.5, 0.6) is 0 Å². The van der Waals surface area contributed by atoms with Gasteiger partial charge in [-0.25, -0.2) is 4.79 Å². The van der Waals surface area contributed by atoms with Crippen LogP contribution in [0.15, 0.2) is 0 Å². The summed E-state index contributed by atoms with van der Waals surface area (Å²) >= 11 is 0. The normalized spacial score (nSPS) is 30.8. The quantitative estimate of drug-likeness (QED) is 0.713. The van der Waals surface area contributed by atoms with Crippen molar-refractivity contribution in [1.82, 2.24) is 4.90 Å². The molecule has 0 aromatic carbocycles. The number of carbonyl (C=O) groups is 2. The molecule has 2 heterocycles. The summed E-state index contributed by atoms with van der Waals surface area (Å²) < 4.78 is 5.21. The molecule has 1 amide bonds. The fraction of sp³-hybridized carbons (Fsp3) is 0.800. The molecule has 0 unspecified atom stereocenters. The SMILES string of the molecule is O=C(O)[C@@H]1CC[C@H](C(=O)N2CCCC2)O1. The van der Waals surface area contributed by atoms with Crippen LogP contribution in [0.2, 0.25) is 0 Å². The Kier molecular flexibility index (Phi) is 2.90. The number of hydrogen-bond donors (Lipinski definition) is 1. The maximum Gasteiger partial charge on any atom is 0.332 e. The van der Waals surface area contributed by atoms with Gasteiger partial charge in [-0.3, -0.25) is 4.79 Å². The molecule has 2 rings (SSSR count). The van der Waals surface area contributed by atoms with Gasteiger partial charge < -0.3 is 14.7 Å². The zero-order chi connectivity index (χ0) is 10.8. The van der Waals surface area contributed by atoms with Gasteiger partial charge in [0.05, 0.1) is 0 Å². The van der Waals surface area contributed by atoms with E-state index in [2.05, 4.69) is 0 Å². The van der Waals surface area contributed by atoms with Crippen molar-refractivity contribution in [2.75, 3.05) is 13.1 Å². The van der Waals surface area contributed by atoms with Crippen LogP contribution in [0.1, 0.15) is 25.7 Å². The lowest BCUT2D eigenvalue weighted by molar-refractivity contribution is -0.154. The van der Waals surface area contributed by atoms with Crippen LogP contribution in [-0.4, -0.2) is 47.2 Å². The van der Waals surface area contributed by atoms with Gasteiger partial charge in [0, 0.05) is 13.1 Å². The van der Waals surface area contributed by atoms with Crippen LogP contribution >= 0.6 is 0 Å². The maximum absolute atomic E-state index is 11.8. The van der Waals surface area contributed by atoms with Crippen LogP contribution in [0.4, 0.5) is 0 Å². The highest BCUT2D eigenvalue weighted by atomic mass is 16.5. The summed E-state index contributed by atoms with van der Waals surface area (Å²) in [5.41, 5.74) is 0. The van der Waals surface area contributed by atoms with E-state index in [0.29, 0.717) is 12.8 Å². The van der Waals surface area contributed by atoms with Gasteiger partial charge in [-0.1, -0.05) is 0 Å². The van der Waals surface area contributed by atoms with Crippen molar-refractivity contribution in [3.8, 4) is 0 Å². The van der Waals surface area contributed by atoms with Crippen LogP contribution in [-0.2, 0) is 14.3 Å². The van der Waals surface area contributed by atoms with Gasteiger partial charge in [-0.05, 0) is 25.7 Å². The summed E-state index contributed by atoms with van der Waals surface area (Å²) in [5, 5.41) is 8.73. The fourth-order valence-electron chi connectivity index (χ4n) is 2.14. The lowest BCUT2D eigenvalue weighted by atomic mass is 10.2. The van der Waals surface area contributed by atoms with Gasteiger partial charge in [0.1, 0.15) is 6.10 Å². The summed E-state index contributed by atoms with van der Waals surface area (Å²) in [6, 6.07) is 0. The number of likely N-dealkylation sites (tertiary alicyclic amines) is 1. The molecule has 1 N–H and O–H groups in total. The minimum absolute atomic E-state index is 0.0312. The molecule has 15 heavy (non-hydrogen) atoms. The van der Waals surface area contributed by atoms with Gasteiger partial charge in [0.25, 0.3) is 5.91 Å². The number of aliphatic carboxylic acids is 1. The van der Waals surface area contributed by atoms with E-state index in [1.54, 1.807) is 4.90 Å². The average Bonchev–Trinajstić information content (AvgIpc) is 2.88. The molecule has 0 aromatic heterocycles. The van der Waals surface area contributed by atoms with E-state index in [-0.39, 0.29) is 5.91 Å². The van der Waals surface area contributed by atoms with Crippen molar-refractivity contribution in [2.24, 2.45) is 0 Å². The molecule has 0 saturated carbocycles. The summed E-state index contributed by atoms with van der Waals surface area (Å²) in [5.74, 6) is -0.997. The van der Waals surface area contributed by atoms with E-state index in [1.165, 1.54) is 0 Å². The number of carbonyl (C=O) groups excluding carboxylic acids is 1. The second-order valence-corrected chi connectivity index (χ2v) is 4.06. The first-order valence-electron chi connectivity index (χ1n) is 5.35. The number of hydrogen-bond acceptors (Lipinski definition) is 3. The molecule has 0 radical (unpaired) electrons. The lowest BCUT2D eigenvalue weighted by Gasteiger charge is -2.19. The van der Waals surface area contributed by atoms with Crippen LogP contribution in [0.3, 0.4) is 0 Å². The topological polar surface area (TPSA) is 66.8 Å². The summed E-state index contributed by atoms with van der Waals surface area (Å²) in [6.07, 6.45) is 1.75. The molecule has 2 aliphatic rings. The van der Waals surface area contributed by atoms with Crippen molar-refractivity contribution in [1.29, 1.82) is 0 Å². The first kappa shape index (κ1) is 10.4. The largest absolute Gasteiger partial charge is 0.479 e. The Morgan fingerprint density at radius 1 is 1.13 bits per heavy atom. The Morgan fingerprint density at radius 3 is 2.27 bits per heavy atom. The standard InChI is InChI=1S/C10H15NO4/c12-9(11-5-1-2-6-11)7-3-4-8(15-7)10(13)14/h7-8H,1-6H2,(H,13,14)/t7-,8+/m1/s1. The molecule has 2 atom stereocenters. The first-order valence-corrected chi connectivity index (χ1v) is 5.35. The molecule has 0 aliphatic carbocycles. The monoisotopic (exact) mass is 213 g/mol. The van der Waals surface area contributed by atoms with Crippen LogP contribution < -0.4 is 0 Å². The molecule has 5 nitrogen and oxygen atoms in total. The number of carboxylic acids is 1. The highest BCUT2D eigenvalue weighted by Gasteiger charge is 2.37.